The molecule has 0 fully saturated rings. The topological polar surface area (TPSA) is 95.9 Å². The van der Waals surface area contributed by atoms with Gasteiger partial charge in [-0.1, -0.05) is 48.0 Å². The van der Waals surface area contributed by atoms with Crippen LogP contribution in [0.25, 0.3) is 11.1 Å². The first-order valence-electron chi connectivity index (χ1n) is 14.9. The maximum atomic E-state index is 13.6. The zero-order valence-electron chi connectivity index (χ0n) is 26.1. The maximum absolute atomic E-state index is 13.6. The van der Waals surface area contributed by atoms with E-state index in [0.717, 1.165) is 40.7 Å². The minimum atomic E-state index is -0.795. The first-order valence-corrected chi connectivity index (χ1v) is 14.9. The van der Waals surface area contributed by atoms with Gasteiger partial charge in [0.25, 0.3) is 11.8 Å². The third kappa shape index (κ3) is 7.92. The highest BCUT2D eigenvalue weighted by molar-refractivity contribution is 6.10. The van der Waals surface area contributed by atoms with Gasteiger partial charge in [-0.05, 0) is 111 Å². The highest BCUT2D eigenvalue weighted by atomic mass is 16.5. The van der Waals surface area contributed by atoms with Gasteiger partial charge in [-0.15, -0.1) is 0 Å². The van der Waals surface area contributed by atoms with Crippen LogP contribution in [0.2, 0.25) is 0 Å². The standard InChI is InChI=1S/C37H40N2O5/c1-24-14-17-29(26(3)21-24)30-11-8-9-12-31(30)36(42)38-32-18-16-28(23-27(32)4)37(43)39(5)33-19-15-25(2)22-34(33)44-20-10-6-7-13-35(40)41/h8-9,11-12,14-19,21-23H,6-7,10,13,20H2,1-5H3,(H,38,42)(H,40,41). The van der Waals surface area contributed by atoms with Gasteiger partial charge >= 0.3 is 5.97 Å². The zero-order valence-corrected chi connectivity index (χ0v) is 26.1. The number of carboxylic acid groups (broad SMARTS) is 1. The Morgan fingerprint density at radius 3 is 2.23 bits per heavy atom. The zero-order chi connectivity index (χ0) is 31.8. The summed E-state index contributed by atoms with van der Waals surface area (Å²) in [5.41, 5.74) is 8.26. The molecule has 4 rings (SSSR count). The normalized spacial score (nSPS) is 10.8. The van der Waals surface area contributed by atoms with Gasteiger partial charge in [0.15, 0.2) is 0 Å². The minimum absolute atomic E-state index is 0.148. The average molecular weight is 593 g/mol. The molecule has 4 aromatic rings. The molecule has 2 amide bonds. The van der Waals surface area contributed by atoms with Crippen molar-refractivity contribution in [2.24, 2.45) is 0 Å². The van der Waals surface area contributed by atoms with Crippen molar-refractivity contribution in [3.8, 4) is 16.9 Å². The number of amides is 2. The number of carbonyl (C=O) groups is 3. The highest BCUT2D eigenvalue weighted by Crippen LogP contribution is 2.32. The number of ether oxygens (including phenoxy) is 1. The maximum Gasteiger partial charge on any atom is 0.303 e. The predicted octanol–water partition coefficient (Wildman–Crippen LogP) is 8.14. The molecule has 0 heterocycles. The van der Waals surface area contributed by atoms with Crippen molar-refractivity contribution < 1.29 is 24.2 Å². The quantitative estimate of drug-likeness (QED) is 0.162. The summed E-state index contributed by atoms with van der Waals surface area (Å²) in [5.74, 6) is -0.621. The number of anilines is 2. The number of aliphatic carboxylic acids is 1. The Labute approximate surface area is 259 Å². The lowest BCUT2D eigenvalue weighted by molar-refractivity contribution is -0.137. The fraction of sp³-hybridized carbons (Fsp3) is 0.270. The number of carboxylic acids is 1. The number of hydrogen-bond acceptors (Lipinski definition) is 4. The van der Waals surface area contributed by atoms with Gasteiger partial charge in [-0.2, -0.15) is 0 Å². The van der Waals surface area contributed by atoms with E-state index >= 15 is 0 Å². The Kier molecular flexibility index (Phi) is 10.6. The predicted molar refractivity (Wildman–Crippen MR) is 176 cm³/mol. The summed E-state index contributed by atoms with van der Waals surface area (Å²) in [5, 5.41) is 11.9. The van der Waals surface area contributed by atoms with Crippen LogP contribution in [0.3, 0.4) is 0 Å². The fourth-order valence-corrected chi connectivity index (χ4v) is 5.21. The number of carbonyl (C=O) groups excluding carboxylic acids is 2. The van der Waals surface area contributed by atoms with Gasteiger partial charge < -0.3 is 20.1 Å². The Balaban J connectivity index is 1.47. The van der Waals surface area contributed by atoms with Crippen molar-refractivity contribution in [2.75, 3.05) is 23.9 Å². The second kappa shape index (κ2) is 14.5. The molecule has 0 radical (unpaired) electrons. The molecule has 0 atom stereocenters. The first kappa shape index (κ1) is 32.0. The molecule has 0 aromatic heterocycles. The van der Waals surface area contributed by atoms with Gasteiger partial charge in [-0.3, -0.25) is 14.4 Å². The SMILES string of the molecule is Cc1ccc(-c2ccccc2C(=O)Nc2ccc(C(=O)N(C)c3ccc(C)cc3OCCCCCC(=O)O)cc2C)c(C)c1. The number of nitrogens with zero attached hydrogens (tertiary/aromatic N) is 1. The minimum Gasteiger partial charge on any atom is -0.491 e. The van der Waals surface area contributed by atoms with Crippen LogP contribution in [0.4, 0.5) is 11.4 Å². The van der Waals surface area contributed by atoms with Crippen LogP contribution in [0, 0.1) is 27.7 Å². The van der Waals surface area contributed by atoms with E-state index in [0.29, 0.717) is 41.3 Å². The van der Waals surface area contributed by atoms with E-state index in [4.69, 9.17) is 9.84 Å². The molecule has 0 aliphatic rings. The second-order valence-electron chi connectivity index (χ2n) is 11.2. The van der Waals surface area contributed by atoms with Crippen molar-refractivity contribution >= 4 is 29.2 Å². The summed E-state index contributed by atoms with van der Waals surface area (Å²) in [7, 11) is 1.71. The monoisotopic (exact) mass is 592 g/mol. The van der Waals surface area contributed by atoms with Crippen LogP contribution in [-0.2, 0) is 4.79 Å². The Morgan fingerprint density at radius 1 is 0.773 bits per heavy atom. The van der Waals surface area contributed by atoms with Crippen LogP contribution >= 0.6 is 0 Å². The molecular weight excluding hydrogens is 552 g/mol. The van der Waals surface area contributed by atoms with E-state index in [1.165, 1.54) is 5.56 Å². The van der Waals surface area contributed by atoms with E-state index in [2.05, 4.69) is 11.4 Å². The summed E-state index contributed by atoms with van der Waals surface area (Å²) >= 11 is 0. The molecule has 7 nitrogen and oxygen atoms in total. The fourth-order valence-electron chi connectivity index (χ4n) is 5.21. The van der Waals surface area contributed by atoms with E-state index in [9.17, 15) is 14.4 Å². The van der Waals surface area contributed by atoms with Gasteiger partial charge in [0.1, 0.15) is 5.75 Å². The molecule has 4 aromatic carbocycles. The van der Waals surface area contributed by atoms with Crippen molar-refractivity contribution in [1.29, 1.82) is 0 Å². The van der Waals surface area contributed by atoms with E-state index < -0.39 is 5.97 Å². The number of aryl methyl sites for hydroxylation is 4. The van der Waals surface area contributed by atoms with Crippen LogP contribution in [-0.4, -0.2) is 36.5 Å². The molecule has 0 bridgehead atoms. The first-order chi connectivity index (χ1) is 21.0. The third-order valence-corrected chi connectivity index (χ3v) is 7.64. The van der Waals surface area contributed by atoms with Crippen LogP contribution in [0.1, 0.15) is 68.7 Å². The number of rotatable bonds is 12. The summed E-state index contributed by atoms with van der Waals surface area (Å²) in [4.78, 5) is 39.3. The van der Waals surface area contributed by atoms with Gasteiger partial charge in [0, 0.05) is 30.3 Å². The third-order valence-electron chi connectivity index (χ3n) is 7.64. The van der Waals surface area contributed by atoms with Crippen molar-refractivity contribution in [2.45, 2.75) is 53.4 Å². The molecule has 0 unspecified atom stereocenters. The molecule has 0 aliphatic heterocycles. The largest absolute Gasteiger partial charge is 0.491 e. The molecule has 228 valence electrons. The number of benzene rings is 4. The Hall–Kier alpha value is -4.91. The van der Waals surface area contributed by atoms with Gasteiger partial charge in [0.05, 0.1) is 12.3 Å². The molecule has 0 spiro atoms. The molecule has 0 aliphatic carbocycles. The summed E-state index contributed by atoms with van der Waals surface area (Å²) in [6, 6.07) is 24.7. The molecule has 0 saturated carbocycles. The van der Waals surface area contributed by atoms with Crippen molar-refractivity contribution in [1.82, 2.24) is 0 Å². The summed E-state index contributed by atoms with van der Waals surface area (Å²) in [6.45, 7) is 8.35. The van der Waals surface area contributed by atoms with Crippen LogP contribution < -0.4 is 15.0 Å². The lowest BCUT2D eigenvalue weighted by atomic mass is 9.94. The average Bonchev–Trinajstić information content (AvgIpc) is 2.99. The summed E-state index contributed by atoms with van der Waals surface area (Å²) in [6.07, 6.45) is 2.23. The van der Waals surface area contributed by atoms with Gasteiger partial charge in [-0.25, -0.2) is 0 Å². The van der Waals surface area contributed by atoms with Crippen LogP contribution in [0.5, 0.6) is 5.75 Å². The number of unbranched alkanes of at least 4 members (excludes halogenated alkanes) is 2. The van der Waals surface area contributed by atoms with Crippen LogP contribution in [0.15, 0.2) is 78.9 Å². The molecule has 7 heteroatoms. The number of hydrogen-bond donors (Lipinski definition) is 2. The van der Waals surface area contributed by atoms with Gasteiger partial charge in [0.2, 0.25) is 0 Å². The van der Waals surface area contributed by atoms with Crippen molar-refractivity contribution in [3.63, 3.8) is 0 Å². The number of nitrogens with one attached hydrogen (secondary N) is 1. The Morgan fingerprint density at radius 2 is 1.50 bits per heavy atom. The van der Waals surface area contributed by atoms with E-state index in [1.807, 2.05) is 82.3 Å². The van der Waals surface area contributed by atoms with E-state index in [-0.39, 0.29) is 18.2 Å². The molecule has 44 heavy (non-hydrogen) atoms. The summed E-state index contributed by atoms with van der Waals surface area (Å²) < 4.78 is 6.03. The Bertz CT molecular complexity index is 1680. The van der Waals surface area contributed by atoms with Crippen molar-refractivity contribution in [3.05, 3.63) is 112 Å². The second-order valence-corrected chi connectivity index (χ2v) is 11.2. The van der Waals surface area contributed by atoms with E-state index in [1.54, 1.807) is 30.1 Å². The smallest absolute Gasteiger partial charge is 0.303 e. The molecule has 2 N–H and O–H groups in total. The molecular formula is C37H40N2O5. The lowest BCUT2D eigenvalue weighted by Crippen LogP contribution is -2.27. The lowest BCUT2D eigenvalue weighted by Gasteiger charge is -2.22. The molecule has 0 saturated heterocycles. The highest BCUT2D eigenvalue weighted by Gasteiger charge is 2.20.